The Balaban J connectivity index is 1.37. The number of aryl methyl sites for hydroxylation is 1. The lowest BCUT2D eigenvalue weighted by Crippen LogP contribution is -2.45. The van der Waals surface area contributed by atoms with Crippen LogP contribution in [-0.2, 0) is 11.2 Å². The maximum Gasteiger partial charge on any atom is 0.254 e. The fourth-order valence-corrected chi connectivity index (χ4v) is 4.47. The van der Waals surface area contributed by atoms with Gasteiger partial charge in [0.05, 0.1) is 13.0 Å². The molecule has 1 unspecified atom stereocenters. The molecule has 0 bridgehead atoms. The van der Waals surface area contributed by atoms with E-state index in [-0.39, 0.29) is 17.7 Å². The summed E-state index contributed by atoms with van der Waals surface area (Å²) in [4.78, 5) is 27.9. The molecule has 0 spiro atoms. The molecule has 32 heavy (non-hydrogen) atoms. The number of benzene rings is 3. The van der Waals surface area contributed by atoms with Crippen LogP contribution in [0.25, 0.3) is 10.8 Å². The number of likely N-dealkylation sites (tertiary alicyclic amines) is 1. The van der Waals surface area contributed by atoms with Crippen molar-refractivity contribution in [3.8, 4) is 5.75 Å². The molecule has 5 heteroatoms. The minimum absolute atomic E-state index is 0.0227. The van der Waals surface area contributed by atoms with Gasteiger partial charge in [-0.15, -0.1) is 0 Å². The van der Waals surface area contributed by atoms with Crippen LogP contribution in [0.5, 0.6) is 5.75 Å². The first-order valence-electron chi connectivity index (χ1n) is 11.3. The lowest BCUT2D eigenvalue weighted by Gasteiger charge is -2.32. The largest absolute Gasteiger partial charge is 0.496 e. The zero-order valence-electron chi connectivity index (χ0n) is 18.5. The van der Waals surface area contributed by atoms with E-state index < -0.39 is 0 Å². The Morgan fingerprint density at radius 1 is 1.00 bits per heavy atom. The van der Waals surface area contributed by atoms with Crippen molar-refractivity contribution in [3.05, 3.63) is 77.9 Å². The number of fused-ring (bicyclic) bond motifs is 1. The summed E-state index contributed by atoms with van der Waals surface area (Å²) >= 11 is 0. The van der Waals surface area contributed by atoms with Crippen LogP contribution >= 0.6 is 0 Å². The first kappa shape index (κ1) is 21.9. The van der Waals surface area contributed by atoms with Gasteiger partial charge in [0.2, 0.25) is 5.91 Å². The van der Waals surface area contributed by atoms with Gasteiger partial charge < -0.3 is 15.0 Å². The molecular formula is C27H30N2O3. The number of ether oxygens (including phenoxy) is 1. The van der Waals surface area contributed by atoms with E-state index in [9.17, 15) is 9.59 Å². The minimum Gasteiger partial charge on any atom is -0.496 e. The Morgan fingerprint density at radius 2 is 1.75 bits per heavy atom. The zero-order valence-corrected chi connectivity index (χ0v) is 18.5. The number of nitrogens with zero attached hydrogens (tertiary/aromatic N) is 1. The number of amides is 2. The maximum atomic E-state index is 13.4. The third-order valence-corrected chi connectivity index (χ3v) is 6.20. The highest BCUT2D eigenvalue weighted by Gasteiger charge is 2.29. The summed E-state index contributed by atoms with van der Waals surface area (Å²) in [6.07, 6.45) is 3.50. The Hall–Kier alpha value is -3.34. The van der Waals surface area contributed by atoms with Gasteiger partial charge in [0.25, 0.3) is 5.91 Å². The molecule has 1 N–H and O–H groups in total. The molecule has 0 saturated carbocycles. The third kappa shape index (κ3) is 4.93. The SMILES string of the molecule is COc1ccc(C(=O)N2CCCC(C(=O)NCCCc3ccccc3)C2)c2ccccc12. The summed E-state index contributed by atoms with van der Waals surface area (Å²) < 4.78 is 5.45. The average molecular weight is 431 g/mol. The number of nitrogens with one attached hydrogen (secondary N) is 1. The van der Waals surface area contributed by atoms with E-state index in [1.54, 1.807) is 7.11 Å². The molecule has 1 atom stereocenters. The number of hydrogen-bond donors (Lipinski definition) is 1. The van der Waals surface area contributed by atoms with Crippen LogP contribution < -0.4 is 10.1 Å². The lowest BCUT2D eigenvalue weighted by molar-refractivity contribution is -0.126. The number of carbonyl (C=O) groups excluding carboxylic acids is 2. The number of hydrogen-bond acceptors (Lipinski definition) is 3. The predicted octanol–water partition coefficient (Wildman–Crippen LogP) is 4.45. The molecule has 1 aliphatic heterocycles. The second-order valence-electron chi connectivity index (χ2n) is 8.33. The highest BCUT2D eigenvalue weighted by molar-refractivity contribution is 6.08. The van der Waals surface area contributed by atoms with Gasteiger partial charge in [0.15, 0.2) is 0 Å². The molecule has 0 aliphatic carbocycles. The van der Waals surface area contributed by atoms with Gasteiger partial charge in [-0.25, -0.2) is 0 Å². The van der Waals surface area contributed by atoms with Crippen molar-refractivity contribution in [2.75, 3.05) is 26.7 Å². The number of carbonyl (C=O) groups is 2. The second-order valence-corrected chi connectivity index (χ2v) is 8.33. The molecular weight excluding hydrogens is 400 g/mol. The highest BCUT2D eigenvalue weighted by atomic mass is 16.5. The summed E-state index contributed by atoms with van der Waals surface area (Å²) in [5, 5.41) is 4.87. The topological polar surface area (TPSA) is 58.6 Å². The van der Waals surface area contributed by atoms with Gasteiger partial charge in [-0.3, -0.25) is 9.59 Å². The van der Waals surface area contributed by atoms with Crippen molar-refractivity contribution in [1.29, 1.82) is 0 Å². The van der Waals surface area contributed by atoms with E-state index >= 15 is 0 Å². The maximum absolute atomic E-state index is 13.4. The van der Waals surface area contributed by atoms with E-state index in [0.29, 0.717) is 25.2 Å². The smallest absolute Gasteiger partial charge is 0.254 e. The van der Waals surface area contributed by atoms with Crippen LogP contribution in [0.3, 0.4) is 0 Å². The Kier molecular flexibility index (Phi) is 7.05. The number of rotatable bonds is 7. The number of piperidine rings is 1. The van der Waals surface area contributed by atoms with Gasteiger partial charge in [-0.2, -0.15) is 0 Å². The van der Waals surface area contributed by atoms with Crippen LogP contribution in [0.15, 0.2) is 66.7 Å². The molecule has 166 valence electrons. The minimum atomic E-state index is -0.158. The van der Waals surface area contributed by atoms with E-state index in [2.05, 4.69) is 17.4 Å². The van der Waals surface area contributed by atoms with E-state index in [4.69, 9.17) is 4.74 Å². The predicted molar refractivity (Wildman–Crippen MR) is 127 cm³/mol. The van der Waals surface area contributed by atoms with Crippen LogP contribution in [0, 0.1) is 5.92 Å². The van der Waals surface area contributed by atoms with Gasteiger partial charge >= 0.3 is 0 Å². The fraction of sp³-hybridized carbons (Fsp3) is 0.333. The van der Waals surface area contributed by atoms with E-state index in [1.165, 1.54) is 5.56 Å². The number of methoxy groups -OCH3 is 1. The van der Waals surface area contributed by atoms with Gasteiger partial charge in [-0.05, 0) is 48.8 Å². The quantitative estimate of drug-likeness (QED) is 0.564. The third-order valence-electron chi connectivity index (χ3n) is 6.20. The monoisotopic (exact) mass is 430 g/mol. The standard InChI is InChI=1S/C27H30N2O3/c1-32-25-16-15-24(22-13-5-6-14-23(22)25)27(31)29-18-8-12-21(19-29)26(30)28-17-7-11-20-9-3-2-4-10-20/h2-6,9-10,13-16,21H,7-8,11-12,17-19H2,1H3,(H,28,30). The average Bonchev–Trinajstić information content (AvgIpc) is 2.86. The second kappa shape index (κ2) is 10.3. The summed E-state index contributed by atoms with van der Waals surface area (Å²) in [7, 11) is 1.64. The Labute approximate surface area is 189 Å². The van der Waals surface area contributed by atoms with Crippen molar-refractivity contribution in [1.82, 2.24) is 10.2 Å². The molecule has 3 aromatic carbocycles. The summed E-state index contributed by atoms with van der Waals surface area (Å²) in [6.45, 7) is 1.79. The van der Waals surface area contributed by atoms with Crippen molar-refractivity contribution in [2.24, 2.45) is 5.92 Å². The van der Waals surface area contributed by atoms with Crippen LogP contribution in [0.4, 0.5) is 0 Å². The lowest BCUT2D eigenvalue weighted by atomic mass is 9.95. The van der Waals surface area contributed by atoms with Gasteiger partial charge in [0, 0.05) is 30.6 Å². The molecule has 1 aliphatic rings. The molecule has 3 aromatic rings. The van der Waals surface area contributed by atoms with E-state index in [1.807, 2.05) is 59.5 Å². The van der Waals surface area contributed by atoms with Crippen molar-refractivity contribution >= 4 is 22.6 Å². The molecule has 0 radical (unpaired) electrons. The van der Waals surface area contributed by atoms with Crippen LogP contribution in [0.2, 0.25) is 0 Å². The first-order chi connectivity index (χ1) is 15.7. The molecule has 1 fully saturated rings. The summed E-state index contributed by atoms with van der Waals surface area (Å²) in [6, 6.07) is 21.8. The summed E-state index contributed by atoms with van der Waals surface area (Å²) in [5.74, 6) is 0.623. The first-order valence-corrected chi connectivity index (χ1v) is 11.3. The molecule has 5 nitrogen and oxygen atoms in total. The fourth-order valence-electron chi connectivity index (χ4n) is 4.47. The molecule has 2 amide bonds. The van der Waals surface area contributed by atoms with E-state index in [0.717, 1.165) is 42.2 Å². The normalized spacial score (nSPS) is 16.0. The highest BCUT2D eigenvalue weighted by Crippen LogP contribution is 2.30. The zero-order chi connectivity index (χ0) is 22.3. The van der Waals surface area contributed by atoms with Crippen molar-refractivity contribution < 1.29 is 14.3 Å². The Morgan fingerprint density at radius 3 is 2.53 bits per heavy atom. The molecule has 0 aromatic heterocycles. The van der Waals surface area contributed by atoms with Gasteiger partial charge in [0.1, 0.15) is 5.75 Å². The molecule has 4 rings (SSSR count). The Bertz CT molecular complexity index is 1080. The van der Waals surface area contributed by atoms with Crippen molar-refractivity contribution in [2.45, 2.75) is 25.7 Å². The molecule has 1 saturated heterocycles. The molecule has 1 heterocycles. The summed E-state index contributed by atoms with van der Waals surface area (Å²) in [5.41, 5.74) is 1.94. The van der Waals surface area contributed by atoms with Crippen molar-refractivity contribution in [3.63, 3.8) is 0 Å². The van der Waals surface area contributed by atoms with Crippen LogP contribution in [0.1, 0.15) is 35.2 Å². The van der Waals surface area contributed by atoms with Gasteiger partial charge in [-0.1, -0.05) is 54.6 Å². The van der Waals surface area contributed by atoms with Crippen LogP contribution in [-0.4, -0.2) is 43.5 Å².